The van der Waals surface area contributed by atoms with Gasteiger partial charge >= 0.3 is 5.97 Å². The first-order chi connectivity index (χ1) is 9.56. The summed E-state index contributed by atoms with van der Waals surface area (Å²) in [6, 6.07) is 2.76. The van der Waals surface area contributed by atoms with Crippen LogP contribution in [-0.2, 0) is 10.2 Å². The zero-order valence-corrected chi connectivity index (χ0v) is 11.7. The fourth-order valence-corrected chi connectivity index (χ4v) is 3.06. The molecule has 0 unspecified atom stereocenters. The van der Waals surface area contributed by atoms with Gasteiger partial charge in [-0.2, -0.15) is 0 Å². The molecule has 2 rings (SSSR count). The smallest absolute Gasteiger partial charge is 0.314 e. The Kier molecular flexibility index (Phi) is 4.16. The molecule has 0 amide bonds. The Hall–Kier alpha value is -1.78. The van der Waals surface area contributed by atoms with E-state index in [1.807, 2.05) is 0 Å². The molecule has 1 aromatic rings. The number of carbonyl (C=O) groups is 1. The summed E-state index contributed by atoms with van der Waals surface area (Å²) in [4.78, 5) is 11.8. The predicted molar refractivity (Wildman–Crippen MR) is 71.9 cm³/mol. The van der Waals surface area contributed by atoms with Gasteiger partial charge in [0, 0.05) is 5.56 Å². The van der Waals surface area contributed by atoms with Crippen LogP contribution in [-0.4, -0.2) is 25.3 Å². The minimum atomic E-state index is -1.01. The lowest BCUT2D eigenvalue weighted by atomic mass is 9.69. The Morgan fingerprint density at radius 1 is 1.15 bits per heavy atom. The second kappa shape index (κ2) is 5.69. The van der Waals surface area contributed by atoms with Gasteiger partial charge in [-0.1, -0.05) is 25.3 Å². The van der Waals surface area contributed by atoms with Crippen LogP contribution in [0.4, 0.5) is 4.39 Å². The summed E-state index contributed by atoms with van der Waals surface area (Å²) < 4.78 is 24.0. The highest BCUT2D eigenvalue weighted by atomic mass is 19.1. The maximum atomic E-state index is 13.8. The van der Waals surface area contributed by atoms with Crippen molar-refractivity contribution in [3.63, 3.8) is 0 Å². The van der Waals surface area contributed by atoms with E-state index in [4.69, 9.17) is 9.47 Å². The molecule has 1 N–H and O–H groups in total. The molecular formula is C15H19FO4. The number of hydrogen-bond donors (Lipinski definition) is 1. The molecule has 0 aliphatic heterocycles. The average molecular weight is 282 g/mol. The molecule has 0 aromatic heterocycles. The number of carboxylic acids is 1. The lowest BCUT2D eigenvalue weighted by Crippen LogP contribution is -2.38. The van der Waals surface area contributed by atoms with Gasteiger partial charge in [-0.05, 0) is 18.9 Å². The molecule has 0 spiro atoms. The standard InChI is InChI=1S/C15H19FO4/c1-19-12-10(6-7-11(16)13(12)20-2)15(14(17)18)8-4-3-5-9-15/h6-7H,3-5,8-9H2,1-2H3,(H,17,18). The van der Waals surface area contributed by atoms with Gasteiger partial charge in [0.25, 0.3) is 0 Å². The van der Waals surface area contributed by atoms with E-state index in [0.29, 0.717) is 18.4 Å². The fourth-order valence-electron chi connectivity index (χ4n) is 3.06. The van der Waals surface area contributed by atoms with Gasteiger partial charge in [-0.3, -0.25) is 4.79 Å². The van der Waals surface area contributed by atoms with E-state index in [-0.39, 0.29) is 11.5 Å². The van der Waals surface area contributed by atoms with Gasteiger partial charge in [0.05, 0.1) is 19.6 Å². The summed E-state index contributed by atoms with van der Waals surface area (Å²) in [5.41, 5.74) is -0.504. The first-order valence-corrected chi connectivity index (χ1v) is 6.71. The first-order valence-electron chi connectivity index (χ1n) is 6.71. The second-order valence-corrected chi connectivity index (χ2v) is 5.11. The van der Waals surface area contributed by atoms with Crippen LogP contribution in [0.3, 0.4) is 0 Å². The highest BCUT2D eigenvalue weighted by molar-refractivity contribution is 5.83. The van der Waals surface area contributed by atoms with Crippen molar-refractivity contribution in [2.45, 2.75) is 37.5 Å². The van der Waals surface area contributed by atoms with Crippen molar-refractivity contribution in [1.29, 1.82) is 0 Å². The lowest BCUT2D eigenvalue weighted by Gasteiger charge is -2.34. The summed E-state index contributed by atoms with van der Waals surface area (Å²) in [6.45, 7) is 0. The van der Waals surface area contributed by atoms with E-state index in [1.165, 1.54) is 26.4 Å². The van der Waals surface area contributed by atoms with Crippen molar-refractivity contribution in [3.8, 4) is 11.5 Å². The summed E-state index contributed by atoms with van der Waals surface area (Å²) in [5.74, 6) is -1.28. The van der Waals surface area contributed by atoms with Crippen molar-refractivity contribution in [3.05, 3.63) is 23.5 Å². The quantitative estimate of drug-likeness (QED) is 0.921. The van der Waals surface area contributed by atoms with Gasteiger partial charge in [-0.15, -0.1) is 0 Å². The third kappa shape index (κ3) is 2.21. The molecule has 0 atom stereocenters. The van der Waals surface area contributed by atoms with Crippen LogP contribution < -0.4 is 9.47 Å². The second-order valence-electron chi connectivity index (χ2n) is 5.11. The number of carboxylic acid groups (broad SMARTS) is 1. The van der Waals surface area contributed by atoms with E-state index in [9.17, 15) is 14.3 Å². The van der Waals surface area contributed by atoms with Gasteiger partial charge in [0.1, 0.15) is 0 Å². The monoisotopic (exact) mass is 282 g/mol. The number of aliphatic carboxylic acids is 1. The molecule has 0 saturated heterocycles. The van der Waals surface area contributed by atoms with Crippen LogP contribution in [0.5, 0.6) is 11.5 Å². The Morgan fingerprint density at radius 3 is 2.25 bits per heavy atom. The first kappa shape index (κ1) is 14.6. The van der Waals surface area contributed by atoms with E-state index >= 15 is 0 Å². The van der Waals surface area contributed by atoms with E-state index < -0.39 is 17.2 Å². The van der Waals surface area contributed by atoms with Crippen LogP contribution in [0.2, 0.25) is 0 Å². The Labute approximate surface area is 117 Å². The predicted octanol–water partition coefficient (Wildman–Crippen LogP) is 3.13. The molecule has 20 heavy (non-hydrogen) atoms. The summed E-state index contributed by atoms with van der Waals surface area (Å²) in [7, 11) is 2.75. The van der Waals surface area contributed by atoms with Crippen LogP contribution in [0.1, 0.15) is 37.7 Å². The number of hydrogen-bond acceptors (Lipinski definition) is 3. The van der Waals surface area contributed by atoms with Gasteiger partial charge in [-0.25, -0.2) is 4.39 Å². The maximum absolute atomic E-state index is 13.8. The van der Waals surface area contributed by atoms with Crippen LogP contribution in [0, 0.1) is 5.82 Å². The molecule has 1 aromatic carbocycles. The summed E-state index contributed by atoms with van der Waals surface area (Å²) >= 11 is 0. The van der Waals surface area contributed by atoms with Gasteiger partial charge in [0.15, 0.2) is 17.3 Å². The van der Waals surface area contributed by atoms with Crippen LogP contribution >= 0.6 is 0 Å². The van der Waals surface area contributed by atoms with Crippen LogP contribution in [0.25, 0.3) is 0 Å². The summed E-state index contributed by atoms with van der Waals surface area (Å²) in [5, 5.41) is 9.70. The number of halogens is 1. The molecule has 110 valence electrons. The van der Waals surface area contributed by atoms with E-state index in [0.717, 1.165) is 19.3 Å². The molecule has 0 radical (unpaired) electrons. The molecule has 0 bridgehead atoms. The normalized spacial score (nSPS) is 17.6. The zero-order chi connectivity index (χ0) is 14.8. The molecule has 4 nitrogen and oxygen atoms in total. The Morgan fingerprint density at radius 2 is 1.75 bits per heavy atom. The molecular weight excluding hydrogens is 263 g/mol. The van der Waals surface area contributed by atoms with Crippen molar-refractivity contribution in [1.82, 2.24) is 0 Å². The topological polar surface area (TPSA) is 55.8 Å². The third-order valence-corrected chi connectivity index (χ3v) is 4.10. The Balaban J connectivity index is 2.62. The number of ether oxygens (including phenoxy) is 2. The van der Waals surface area contributed by atoms with Crippen molar-refractivity contribution >= 4 is 5.97 Å². The molecule has 1 aliphatic rings. The summed E-state index contributed by atoms with van der Waals surface area (Å²) in [6.07, 6.45) is 3.78. The van der Waals surface area contributed by atoms with Crippen molar-refractivity contribution in [2.75, 3.05) is 14.2 Å². The minimum absolute atomic E-state index is 0.0313. The van der Waals surface area contributed by atoms with Crippen molar-refractivity contribution in [2.24, 2.45) is 0 Å². The maximum Gasteiger partial charge on any atom is 0.314 e. The largest absolute Gasteiger partial charge is 0.492 e. The molecule has 1 aliphatic carbocycles. The van der Waals surface area contributed by atoms with Gasteiger partial charge in [0.2, 0.25) is 0 Å². The highest BCUT2D eigenvalue weighted by Crippen LogP contribution is 2.47. The Bertz CT molecular complexity index is 507. The number of methoxy groups -OCH3 is 2. The van der Waals surface area contributed by atoms with Crippen LogP contribution in [0.15, 0.2) is 12.1 Å². The molecule has 1 saturated carbocycles. The van der Waals surface area contributed by atoms with Gasteiger partial charge < -0.3 is 14.6 Å². The molecule has 5 heteroatoms. The van der Waals surface area contributed by atoms with Crippen molar-refractivity contribution < 1.29 is 23.8 Å². The molecule has 0 heterocycles. The SMILES string of the molecule is COc1c(F)ccc(C2(C(=O)O)CCCCC2)c1OC. The minimum Gasteiger partial charge on any atom is -0.492 e. The highest BCUT2D eigenvalue weighted by Gasteiger charge is 2.44. The zero-order valence-electron chi connectivity index (χ0n) is 11.7. The third-order valence-electron chi connectivity index (χ3n) is 4.10. The average Bonchev–Trinajstić information content (AvgIpc) is 2.47. The van der Waals surface area contributed by atoms with E-state index in [1.54, 1.807) is 0 Å². The number of benzene rings is 1. The fraction of sp³-hybridized carbons (Fsp3) is 0.533. The number of rotatable bonds is 4. The van der Waals surface area contributed by atoms with E-state index in [2.05, 4.69) is 0 Å². The molecule has 1 fully saturated rings. The lowest BCUT2D eigenvalue weighted by molar-refractivity contribution is -0.145.